The molecule has 0 bridgehead atoms. The number of aromatic nitrogens is 1. The second-order valence-corrected chi connectivity index (χ2v) is 4.23. The van der Waals surface area contributed by atoms with Crippen LogP contribution in [0.5, 0.6) is 0 Å². The van der Waals surface area contributed by atoms with Crippen molar-refractivity contribution in [1.29, 1.82) is 0 Å². The second kappa shape index (κ2) is 7.31. The quantitative estimate of drug-likeness (QED) is 0.790. The molecule has 0 saturated carbocycles. The number of hydrogen-bond acceptors (Lipinski definition) is 2. The van der Waals surface area contributed by atoms with Crippen LogP contribution >= 0.6 is 0 Å². The number of hydrogen-bond donors (Lipinski definition) is 0. The molecule has 0 radical (unpaired) electrons. The summed E-state index contributed by atoms with van der Waals surface area (Å²) in [5.41, 5.74) is 2.65. The predicted octanol–water partition coefficient (Wildman–Crippen LogP) is 3.83. The number of nitrogens with zero attached hydrogens (tertiary/aromatic N) is 2. The third-order valence-electron chi connectivity index (χ3n) is 3.13. The van der Waals surface area contributed by atoms with Crippen LogP contribution in [0.2, 0.25) is 0 Å². The maximum absolute atomic E-state index is 4.71. The van der Waals surface area contributed by atoms with Gasteiger partial charge in [-0.3, -0.25) is 0 Å². The van der Waals surface area contributed by atoms with Gasteiger partial charge in [-0.1, -0.05) is 27.7 Å². The zero-order valence-electron chi connectivity index (χ0n) is 11.8. The van der Waals surface area contributed by atoms with E-state index in [-0.39, 0.29) is 0 Å². The molecule has 17 heavy (non-hydrogen) atoms. The van der Waals surface area contributed by atoms with Crippen LogP contribution in [0.1, 0.15) is 51.8 Å². The van der Waals surface area contributed by atoms with Gasteiger partial charge in [0, 0.05) is 18.8 Å². The normalized spacial score (nSPS) is 14.5. The molecular formula is C15H26N2. The van der Waals surface area contributed by atoms with Gasteiger partial charge in [-0.2, -0.15) is 0 Å². The van der Waals surface area contributed by atoms with E-state index in [1.807, 2.05) is 13.8 Å². The minimum atomic E-state index is 1.04. The Labute approximate surface area is 106 Å². The average molecular weight is 234 g/mol. The Bertz CT molecular complexity index is 305. The summed E-state index contributed by atoms with van der Waals surface area (Å²) in [5, 5.41) is 0. The van der Waals surface area contributed by atoms with Crippen LogP contribution in [0.25, 0.3) is 0 Å². The molecule has 0 amide bonds. The Balaban J connectivity index is 0.000000686. The van der Waals surface area contributed by atoms with Gasteiger partial charge in [-0.25, -0.2) is 4.98 Å². The van der Waals surface area contributed by atoms with E-state index in [9.17, 15) is 0 Å². The third kappa shape index (κ3) is 3.72. The maximum Gasteiger partial charge on any atom is 0.129 e. The molecule has 96 valence electrons. The zero-order chi connectivity index (χ0) is 12.7. The molecule has 0 aliphatic carbocycles. The van der Waals surface area contributed by atoms with Crippen LogP contribution < -0.4 is 4.90 Å². The smallest absolute Gasteiger partial charge is 0.129 e. The first-order chi connectivity index (χ1) is 8.33. The molecule has 0 atom stereocenters. The summed E-state index contributed by atoms with van der Waals surface area (Å²) >= 11 is 0. The SMILES string of the molecule is CC.CCc1cc(CC)nc(N2CCCC2)c1. The van der Waals surface area contributed by atoms with Crippen LogP contribution in [0, 0.1) is 0 Å². The van der Waals surface area contributed by atoms with Crippen molar-refractivity contribution in [2.75, 3.05) is 18.0 Å². The standard InChI is InChI=1S/C13H20N2.C2H6/c1-3-11-9-12(4-2)14-13(10-11)15-7-5-6-8-15;1-2/h9-10H,3-8H2,1-2H3;1-2H3. The molecule has 1 fully saturated rings. The van der Waals surface area contributed by atoms with Crippen LogP contribution in [0.15, 0.2) is 12.1 Å². The average Bonchev–Trinajstić information content (AvgIpc) is 2.94. The van der Waals surface area contributed by atoms with Crippen molar-refractivity contribution in [3.05, 3.63) is 23.4 Å². The van der Waals surface area contributed by atoms with E-state index in [0.29, 0.717) is 0 Å². The summed E-state index contributed by atoms with van der Waals surface area (Å²) in [6.45, 7) is 10.8. The van der Waals surface area contributed by atoms with Crippen molar-refractivity contribution in [3.8, 4) is 0 Å². The molecule has 2 rings (SSSR count). The second-order valence-electron chi connectivity index (χ2n) is 4.23. The van der Waals surface area contributed by atoms with Crippen molar-refractivity contribution in [1.82, 2.24) is 4.98 Å². The minimum absolute atomic E-state index is 1.04. The van der Waals surface area contributed by atoms with E-state index in [0.717, 1.165) is 12.8 Å². The molecule has 1 aromatic heterocycles. The summed E-state index contributed by atoms with van der Waals surface area (Å²) in [4.78, 5) is 7.12. The highest BCUT2D eigenvalue weighted by molar-refractivity contribution is 5.43. The first kappa shape index (κ1) is 14.0. The van der Waals surface area contributed by atoms with Gasteiger partial charge in [0.2, 0.25) is 0 Å². The lowest BCUT2D eigenvalue weighted by molar-refractivity contribution is 0.904. The highest BCUT2D eigenvalue weighted by atomic mass is 15.2. The lowest BCUT2D eigenvalue weighted by Crippen LogP contribution is -2.19. The van der Waals surface area contributed by atoms with E-state index < -0.39 is 0 Å². The molecule has 2 heteroatoms. The lowest BCUT2D eigenvalue weighted by atomic mass is 10.1. The van der Waals surface area contributed by atoms with Gasteiger partial charge in [0.1, 0.15) is 5.82 Å². The minimum Gasteiger partial charge on any atom is -0.357 e. The molecule has 0 spiro atoms. The highest BCUT2D eigenvalue weighted by Crippen LogP contribution is 2.20. The molecule has 1 saturated heterocycles. The Morgan fingerprint density at radius 1 is 1.06 bits per heavy atom. The summed E-state index contributed by atoms with van der Waals surface area (Å²) in [5.74, 6) is 1.20. The number of anilines is 1. The summed E-state index contributed by atoms with van der Waals surface area (Å²) in [6, 6.07) is 4.49. The molecule has 0 N–H and O–H groups in total. The molecule has 1 aromatic rings. The topological polar surface area (TPSA) is 16.1 Å². The zero-order valence-corrected chi connectivity index (χ0v) is 11.8. The number of rotatable bonds is 3. The maximum atomic E-state index is 4.71. The molecule has 2 nitrogen and oxygen atoms in total. The predicted molar refractivity (Wildman–Crippen MR) is 75.8 cm³/mol. The van der Waals surface area contributed by atoms with E-state index in [1.54, 1.807) is 0 Å². The molecule has 0 unspecified atom stereocenters. The lowest BCUT2D eigenvalue weighted by Gasteiger charge is -2.18. The first-order valence-corrected chi connectivity index (χ1v) is 7.08. The molecule has 2 heterocycles. The van der Waals surface area contributed by atoms with Crippen molar-refractivity contribution >= 4 is 5.82 Å². The Hall–Kier alpha value is -1.05. The van der Waals surface area contributed by atoms with Crippen LogP contribution in [0.3, 0.4) is 0 Å². The van der Waals surface area contributed by atoms with Crippen molar-refractivity contribution < 1.29 is 0 Å². The van der Waals surface area contributed by atoms with Crippen molar-refractivity contribution in [2.45, 2.75) is 53.4 Å². The third-order valence-corrected chi connectivity index (χ3v) is 3.13. The monoisotopic (exact) mass is 234 g/mol. The van der Waals surface area contributed by atoms with Crippen LogP contribution in [0.4, 0.5) is 5.82 Å². The van der Waals surface area contributed by atoms with E-state index in [1.165, 1.54) is 43.0 Å². The van der Waals surface area contributed by atoms with Gasteiger partial charge in [-0.15, -0.1) is 0 Å². The van der Waals surface area contributed by atoms with Gasteiger partial charge in [0.05, 0.1) is 0 Å². The fourth-order valence-electron chi connectivity index (χ4n) is 2.13. The summed E-state index contributed by atoms with van der Waals surface area (Å²) in [7, 11) is 0. The van der Waals surface area contributed by atoms with Crippen molar-refractivity contribution in [2.24, 2.45) is 0 Å². The van der Waals surface area contributed by atoms with Crippen LogP contribution in [-0.2, 0) is 12.8 Å². The Morgan fingerprint density at radius 2 is 1.71 bits per heavy atom. The van der Waals surface area contributed by atoms with E-state index in [2.05, 4.69) is 30.9 Å². The molecule has 0 aromatic carbocycles. The molecular weight excluding hydrogens is 208 g/mol. The van der Waals surface area contributed by atoms with E-state index >= 15 is 0 Å². The van der Waals surface area contributed by atoms with Gasteiger partial charge < -0.3 is 4.90 Å². The summed E-state index contributed by atoms with van der Waals surface area (Å²) < 4.78 is 0. The van der Waals surface area contributed by atoms with Gasteiger partial charge in [-0.05, 0) is 43.4 Å². The summed E-state index contributed by atoms with van der Waals surface area (Å²) in [6.07, 6.45) is 4.78. The molecule has 1 aliphatic heterocycles. The number of aryl methyl sites for hydroxylation is 2. The number of pyridine rings is 1. The fraction of sp³-hybridized carbons (Fsp3) is 0.667. The highest BCUT2D eigenvalue weighted by Gasteiger charge is 2.14. The van der Waals surface area contributed by atoms with Crippen LogP contribution in [-0.4, -0.2) is 18.1 Å². The Morgan fingerprint density at radius 3 is 2.24 bits per heavy atom. The van der Waals surface area contributed by atoms with Gasteiger partial charge >= 0.3 is 0 Å². The fourth-order valence-corrected chi connectivity index (χ4v) is 2.13. The van der Waals surface area contributed by atoms with Crippen molar-refractivity contribution in [3.63, 3.8) is 0 Å². The van der Waals surface area contributed by atoms with Gasteiger partial charge in [0.15, 0.2) is 0 Å². The molecule has 1 aliphatic rings. The Kier molecular flexibility index (Phi) is 6.03. The first-order valence-electron chi connectivity index (χ1n) is 7.08. The van der Waals surface area contributed by atoms with Gasteiger partial charge in [0.25, 0.3) is 0 Å². The van der Waals surface area contributed by atoms with E-state index in [4.69, 9.17) is 4.98 Å². The largest absolute Gasteiger partial charge is 0.357 e.